The minimum Gasteiger partial charge on any atom is -0.458 e. The van der Waals surface area contributed by atoms with E-state index in [1.54, 1.807) is 55.4 Å². The van der Waals surface area contributed by atoms with Crippen LogP contribution in [-0.2, 0) is 33.3 Å². The minimum atomic E-state index is -1.06. The number of rotatable bonds is 9. The number of amides is 2. The van der Waals surface area contributed by atoms with Crippen molar-refractivity contribution in [2.45, 2.75) is 111 Å². The minimum absolute atomic E-state index is 0.297. The van der Waals surface area contributed by atoms with Gasteiger partial charge in [-0.1, -0.05) is 0 Å². The third-order valence-corrected chi connectivity index (χ3v) is 4.74. The summed E-state index contributed by atoms with van der Waals surface area (Å²) in [6.07, 6.45) is -3.14. The molecule has 1 saturated heterocycles. The molecular formula is C22H40N2O8. The third kappa shape index (κ3) is 7.60. The normalized spacial score (nSPS) is 22.4. The highest BCUT2D eigenvalue weighted by Gasteiger charge is 2.56. The second kappa shape index (κ2) is 11.3. The highest BCUT2D eigenvalue weighted by atomic mass is 16.7. The summed E-state index contributed by atoms with van der Waals surface area (Å²) in [5.41, 5.74) is -1.81. The first-order valence-electron chi connectivity index (χ1n) is 11.0. The van der Waals surface area contributed by atoms with E-state index >= 15 is 0 Å². The molecule has 10 nitrogen and oxygen atoms in total. The molecule has 0 bridgehead atoms. The maximum Gasteiger partial charge on any atom is 0.413 e. The van der Waals surface area contributed by atoms with E-state index in [9.17, 15) is 14.4 Å². The molecule has 0 aromatic rings. The summed E-state index contributed by atoms with van der Waals surface area (Å²) >= 11 is 0. The SMILES string of the molecule is CCOC(OCC)[C@H](NC(C)=O)[C@H](OC(C)=O)[C@@H]1[C@@H](C)OC(C)(C)N1C(=O)OC(C)(C)C. The maximum absolute atomic E-state index is 13.2. The van der Waals surface area contributed by atoms with E-state index in [4.69, 9.17) is 23.7 Å². The van der Waals surface area contributed by atoms with Crippen LogP contribution in [0.2, 0.25) is 0 Å². The van der Waals surface area contributed by atoms with Crippen LogP contribution in [-0.4, -0.2) is 78.0 Å². The van der Waals surface area contributed by atoms with Gasteiger partial charge in [0.25, 0.3) is 0 Å². The van der Waals surface area contributed by atoms with Crippen LogP contribution >= 0.6 is 0 Å². The molecule has 1 aliphatic rings. The Morgan fingerprint density at radius 3 is 2.03 bits per heavy atom. The van der Waals surface area contributed by atoms with Gasteiger partial charge in [-0.3, -0.25) is 14.5 Å². The van der Waals surface area contributed by atoms with E-state index in [1.807, 2.05) is 0 Å². The fourth-order valence-electron chi connectivity index (χ4n) is 3.89. The van der Waals surface area contributed by atoms with Crippen molar-refractivity contribution >= 4 is 18.0 Å². The fourth-order valence-corrected chi connectivity index (χ4v) is 3.89. The zero-order chi connectivity index (χ0) is 24.9. The molecule has 1 N–H and O–H groups in total. The average molecular weight is 461 g/mol. The Kier molecular flexibility index (Phi) is 9.92. The average Bonchev–Trinajstić information content (AvgIpc) is 2.84. The molecule has 0 aromatic carbocycles. The molecule has 0 radical (unpaired) electrons. The summed E-state index contributed by atoms with van der Waals surface area (Å²) in [5.74, 6) is -0.954. The van der Waals surface area contributed by atoms with E-state index < -0.39 is 54.0 Å². The molecule has 32 heavy (non-hydrogen) atoms. The van der Waals surface area contributed by atoms with E-state index in [0.717, 1.165) is 0 Å². The van der Waals surface area contributed by atoms with Crippen LogP contribution in [0.1, 0.15) is 69.2 Å². The summed E-state index contributed by atoms with van der Waals surface area (Å²) in [6, 6.07) is -1.70. The highest BCUT2D eigenvalue weighted by Crippen LogP contribution is 2.37. The Bertz CT molecular complexity index is 655. The lowest BCUT2D eigenvalue weighted by molar-refractivity contribution is -0.189. The van der Waals surface area contributed by atoms with E-state index in [0.29, 0.717) is 13.2 Å². The molecule has 0 saturated carbocycles. The topological polar surface area (TPSA) is 113 Å². The second-order valence-corrected chi connectivity index (χ2v) is 9.19. The number of hydrogen-bond donors (Lipinski definition) is 1. The molecule has 1 rings (SSSR count). The van der Waals surface area contributed by atoms with E-state index in [1.165, 1.54) is 18.7 Å². The van der Waals surface area contributed by atoms with Crippen molar-refractivity contribution in [1.82, 2.24) is 10.2 Å². The van der Waals surface area contributed by atoms with Crippen molar-refractivity contribution in [1.29, 1.82) is 0 Å². The number of nitrogens with one attached hydrogen (secondary N) is 1. The van der Waals surface area contributed by atoms with Crippen LogP contribution in [0.3, 0.4) is 0 Å². The Morgan fingerprint density at radius 2 is 1.62 bits per heavy atom. The molecule has 10 heteroatoms. The van der Waals surface area contributed by atoms with Gasteiger partial charge in [0.2, 0.25) is 5.91 Å². The first-order valence-corrected chi connectivity index (χ1v) is 11.0. The molecule has 0 spiro atoms. The van der Waals surface area contributed by atoms with Crippen molar-refractivity contribution in [2.75, 3.05) is 13.2 Å². The van der Waals surface area contributed by atoms with Gasteiger partial charge in [0.05, 0.1) is 6.10 Å². The van der Waals surface area contributed by atoms with Gasteiger partial charge >= 0.3 is 12.1 Å². The van der Waals surface area contributed by atoms with Gasteiger partial charge in [-0.15, -0.1) is 0 Å². The molecule has 0 aromatic heterocycles. The summed E-state index contributed by atoms with van der Waals surface area (Å²) in [4.78, 5) is 38.8. The van der Waals surface area contributed by atoms with Crippen molar-refractivity contribution in [2.24, 2.45) is 0 Å². The number of nitrogens with zero attached hydrogens (tertiary/aromatic N) is 1. The zero-order valence-corrected chi connectivity index (χ0v) is 21.0. The van der Waals surface area contributed by atoms with Crippen LogP contribution in [0.4, 0.5) is 4.79 Å². The Balaban J connectivity index is 3.55. The molecule has 1 heterocycles. The van der Waals surface area contributed by atoms with Crippen molar-refractivity contribution in [3.63, 3.8) is 0 Å². The first kappa shape index (κ1) is 28.1. The van der Waals surface area contributed by atoms with Gasteiger partial charge in [-0.25, -0.2) is 4.79 Å². The van der Waals surface area contributed by atoms with Crippen molar-refractivity contribution in [3.8, 4) is 0 Å². The third-order valence-electron chi connectivity index (χ3n) is 4.74. The van der Waals surface area contributed by atoms with Crippen LogP contribution in [0, 0.1) is 0 Å². The van der Waals surface area contributed by atoms with Crippen LogP contribution in [0.25, 0.3) is 0 Å². The first-order chi connectivity index (χ1) is 14.6. The summed E-state index contributed by atoms with van der Waals surface area (Å²) < 4.78 is 28.8. The van der Waals surface area contributed by atoms with Gasteiger partial charge in [-0.05, 0) is 55.4 Å². The lowest BCUT2D eigenvalue weighted by Gasteiger charge is -2.41. The largest absolute Gasteiger partial charge is 0.458 e. The molecule has 2 amide bonds. The van der Waals surface area contributed by atoms with Crippen molar-refractivity contribution < 1.29 is 38.1 Å². The van der Waals surface area contributed by atoms with Gasteiger partial charge in [-0.2, -0.15) is 0 Å². The number of esters is 1. The molecular weight excluding hydrogens is 420 g/mol. The summed E-state index contributed by atoms with van der Waals surface area (Å²) in [6.45, 7) is 17.3. The lowest BCUT2D eigenvalue weighted by Crippen LogP contribution is -2.63. The van der Waals surface area contributed by atoms with E-state index in [2.05, 4.69) is 5.32 Å². The van der Waals surface area contributed by atoms with Gasteiger partial charge in [0.1, 0.15) is 29.5 Å². The van der Waals surface area contributed by atoms with Crippen LogP contribution < -0.4 is 5.32 Å². The fraction of sp³-hybridized carbons (Fsp3) is 0.864. The van der Waals surface area contributed by atoms with E-state index in [-0.39, 0.29) is 5.91 Å². The lowest BCUT2D eigenvalue weighted by atomic mass is 9.96. The molecule has 0 aliphatic carbocycles. The Hall–Kier alpha value is -1.91. The summed E-state index contributed by atoms with van der Waals surface area (Å²) in [7, 11) is 0. The molecule has 186 valence electrons. The number of ether oxygens (including phenoxy) is 5. The second-order valence-electron chi connectivity index (χ2n) is 9.19. The van der Waals surface area contributed by atoms with Crippen LogP contribution in [0.5, 0.6) is 0 Å². The predicted molar refractivity (Wildman–Crippen MR) is 117 cm³/mol. The number of carbonyl (C=O) groups excluding carboxylic acids is 3. The molecule has 1 aliphatic heterocycles. The zero-order valence-electron chi connectivity index (χ0n) is 21.0. The Morgan fingerprint density at radius 1 is 1.09 bits per heavy atom. The quantitative estimate of drug-likeness (QED) is 0.413. The Labute approximate surface area is 191 Å². The monoisotopic (exact) mass is 460 g/mol. The number of hydrogen-bond acceptors (Lipinski definition) is 8. The molecule has 1 fully saturated rings. The summed E-state index contributed by atoms with van der Waals surface area (Å²) in [5, 5.41) is 2.79. The smallest absolute Gasteiger partial charge is 0.413 e. The van der Waals surface area contributed by atoms with Crippen molar-refractivity contribution in [3.05, 3.63) is 0 Å². The highest BCUT2D eigenvalue weighted by molar-refractivity contribution is 5.74. The van der Waals surface area contributed by atoms with Gasteiger partial charge in [0, 0.05) is 27.1 Å². The van der Waals surface area contributed by atoms with Gasteiger partial charge in [0.15, 0.2) is 6.29 Å². The number of carbonyl (C=O) groups is 3. The molecule has 0 unspecified atom stereocenters. The molecule has 4 atom stereocenters. The maximum atomic E-state index is 13.2. The predicted octanol–water partition coefficient (Wildman–Crippen LogP) is 2.58. The van der Waals surface area contributed by atoms with Crippen LogP contribution in [0.15, 0.2) is 0 Å². The van der Waals surface area contributed by atoms with Gasteiger partial charge < -0.3 is 29.0 Å². The standard InChI is InChI=1S/C22H40N2O8/c1-11-28-19(29-12-2)16(23-14(4)25)18(30-15(5)26)17-13(3)31-22(9,10)24(17)20(27)32-21(6,7)8/h13,16-19H,11-12H2,1-10H3,(H,23,25)/t13-,16-,17+,18+/m1/s1.